The van der Waals surface area contributed by atoms with E-state index in [1.807, 2.05) is 0 Å². The summed E-state index contributed by atoms with van der Waals surface area (Å²) in [5, 5.41) is 0. The van der Waals surface area contributed by atoms with Crippen LogP contribution < -0.4 is 0 Å². The van der Waals surface area contributed by atoms with Crippen LogP contribution in [0.5, 0.6) is 0 Å². The second-order valence-corrected chi connectivity index (χ2v) is 4.47. The maximum atomic E-state index is 5.85. The van der Waals surface area contributed by atoms with Crippen molar-refractivity contribution < 1.29 is 9.47 Å². The molecule has 2 nitrogen and oxygen atoms in total. The third kappa shape index (κ3) is 2.96. The summed E-state index contributed by atoms with van der Waals surface area (Å²) in [7, 11) is 0. The largest absolute Gasteiger partial charge is 0.350 e. The SMILES string of the molecule is CCCCCC1(C(C)C)OCCCO1. The second-order valence-electron chi connectivity index (χ2n) is 4.47. The van der Waals surface area contributed by atoms with Crippen molar-refractivity contribution in [1.82, 2.24) is 0 Å². The molecule has 0 spiro atoms. The van der Waals surface area contributed by atoms with Crippen molar-refractivity contribution in [2.75, 3.05) is 13.2 Å². The van der Waals surface area contributed by atoms with Crippen molar-refractivity contribution in [3.63, 3.8) is 0 Å². The lowest BCUT2D eigenvalue weighted by Gasteiger charge is -2.40. The molecule has 1 aliphatic heterocycles. The van der Waals surface area contributed by atoms with Crippen LogP contribution in [0.1, 0.15) is 52.9 Å². The third-order valence-electron chi connectivity index (χ3n) is 2.99. The monoisotopic (exact) mass is 200 g/mol. The summed E-state index contributed by atoms with van der Waals surface area (Å²) in [5.41, 5.74) is 0. The van der Waals surface area contributed by atoms with Crippen LogP contribution in [0.4, 0.5) is 0 Å². The van der Waals surface area contributed by atoms with Crippen LogP contribution in [-0.2, 0) is 9.47 Å². The smallest absolute Gasteiger partial charge is 0.170 e. The topological polar surface area (TPSA) is 18.5 Å². The molecule has 0 amide bonds. The molecule has 84 valence electrons. The fraction of sp³-hybridized carbons (Fsp3) is 1.00. The van der Waals surface area contributed by atoms with Gasteiger partial charge in [0.2, 0.25) is 0 Å². The van der Waals surface area contributed by atoms with Crippen LogP contribution in [0.15, 0.2) is 0 Å². The standard InChI is InChI=1S/C12H24O2/c1-4-5-6-8-12(11(2)3)13-9-7-10-14-12/h11H,4-10H2,1-3H3. The van der Waals surface area contributed by atoms with Crippen LogP contribution in [0.3, 0.4) is 0 Å². The first-order chi connectivity index (χ1) is 6.71. The molecule has 0 aromatic carbocycles. The summed E-state index contributed by atoms with van der Waals surface area (Å²) in [6.07, 6.45) is 5.85. The minimum Gasteiger partial charge on any atom is -0.350 e. The van der Waals surface area contributed by atoms with Crippen LogP contribution >= 0.6 is 0 Å². The summed E-state index contributed by atoms with van der Waals surface area (Å²) in [5.74, 6) is 0.188. The molecule has 1 fully saturated rings. The van der Waals surface area contributed by atoms with Gasteiger partial charge in [-0.2, -0.15) is 0 Å². The van der Waals surface area contributed by atoms with Gasteiger partial charge in [-0.1, -0.05) is 33.6 Å². The molecule has 0 aromatic heterocycles. The molecule has 0 bridgehead atoms. The Labute approximate surface area is 88.0 Å². The van der Waals surface area contributed by atoms with Crippen molar-refractivity contribution in [1.29, 1.82) is 0 Å². The highest BCUT2D eigenvalue weighted by molar-refractivity contribution is 4.76. The first kappa shape index (κ1) is 12.0. The highest BCUT2D eigenvalue weighted by Crippen LogP contribution is 2.32. The molecule has 1 saturated heterocycles. The predicted octanol–water partition coefficient (Wildman–Crippen LogP) is 3.36. The van der Waals surface area contributed by atoms with Gasteiger partial charge in [0.1, 0.15) is 0 Å². The van der Waals surface area contributed by atoms with Crippen LogP contribution in [0, 0.1) is 5.92 Å². The lowest BCUT2D eigenvalue weighted by molar-refractivity contribution is -0.292. The zero-order chi connectivity index (χ0) is 10.4. The first-order valence-electron chi connectivity index (χ1n) is 5.99. The zero-order valence-corrected chi connectivity index (χ0v) is 9.84. The number of hydrogen-bond donors (Lipinski definition) is 0. The second kappa shape index (κ2) is 5.72. The first-order valence-corrected chi connectivity index (χ1v) is 5.99. The number of ether oxygens (including phenoxy) is 2. The minimum atomic E-state index is -0.270. The normalized spacial score (nSPS) is 21.4. The van der Waals surface area contributed by atoms with E-state index in [0.29, 0.717) is 5.92 Å². The van der Waals surface area contributed by atoms with Crippen molar-refractivity contribution in [3.8, 4) is 0 Å². The Kier molecular flexibility index (Phi) is 4.90. The molecule has 1 heterocycles. The summed E-state index contributed by atoms with van der Waals surface area (Å²) in [6.45, 7) is 8.34. The van der Waals surface area contributed by atoms with Gasteiger partial charge < -0.3 is 9.47 Å². The van der Waals surface area contributed by atoms with E-state index >= 15 is 0 Å². The Morgan fingerprint density at radius 1 is 1.14 bits per heavy atom. The van der Waals surface area contributed by atoms with Gasteiger partial charge in [0, 0.05) is 12.3 Å². The third-order valence-corrected chi connectivity index (χ3v) is 2.99. The minimum absolute atomic E-state index is 0.270. The Bertz CT molecular complexity index is 148. The van der Waals surface area contributed by atoms with Gasteiger partial charge in [0.25, 0.3) is 0 Å². The molecule has 0 radical (unpaired) electrons. The molecule has 0 aliphatic carbocycles. The average molecular weight is 200 g/mol. The van der Waals surface area contributed by atoms with E-state index in [2.05, 4.69) is 20.8 Å². The predicted molar refractivity (Wildman–Crippen MR) is 58.2 cm³/mol. The molecule has 0 saturated carbocycles. The molecule has 14 heavy (non-hydrogen) atoms. The van der Waals surface area contributed by atoms with Gasteiger partial charge >= 0.3 is 0 Å². The van der Waals surface area contributed by atoms with Gasteiger partial charge in [0.15, 0.2) is 5.79 Å². The average Bonchev–Trinajstić information content (AvgIpc) is 2.19. The van der Waals surface area contributed by atoms with Crippen LogP contribution in [0.2, 0.25) is 0 Å². The van der Waals surface area contributed by atoms with E-state index in [1.54, 1.807) is 0 Å². The molecular formula is C12H24O2. The van der Waals surface area contributed by atoms with Crippen molar-refractivity contribution in [2.24, 2.45) is 5.92 Å². The van der Waals surface area contributed by atoms with Crippen molar-refractivity contribution >= 4 is 0 Å². The summed E-state index contributed by atoms with van der Waals surface area (Å²) >= 11 is 0. The zero-order valence-electron chi connectivity index (χ0n) is 9.84. The van der Waals surface area contributed by atoms with E-state index in [0.717, 1.165) is 26.1 Å². The van der Waals surface area contributed by atoms with Crippen molar-refractivity contribution in [3.05, 3.63) is 0 Å². The lowest BCUT2D eigenvalue weighted by atomic mass is 9.95. The molecule has 1 aliphatic rings. The Morgan fingerprint density at radius 2 is 1.79 bits per heavy atom. The van der Waals surface area contributed by atoms with E-state index in [9.17, 15) is 0 Å². The lowest BCUT2D eigenvalue weighted by Crippen LogP contribution is -2.45. The molecular weight excluding hydrogens is 176 g/mol. The summed E-state index contributed by atoms with van der Waals surface area (Å²) in [4.78, 5) is 0. The van der Waals surface area contributed by atoms with Gasteiger partial charge in [0.05, 0.1) is 13.2 Å². The Morgan fingerprint density at radius 3 is 2.29 bits per heavy atom. The highest BCUT2D eigenvalue weighted by Gasteiger charge is 2.37. The van der Waals surface area contributed by atoms with E-state index < -0.39 is 0 Å². The van der Waals surface area contributed by atoms with Gasteiger partial charge in [-0.05, 0) is 12.8 Å². The van der Waals surface area contributed by atoms with Crippen LogP contribution in [0.25, 0.3) is 0 Å². The molecule has 0 aromatic rings. The Balaban J connectivity index is 2.43. The maximum Gasteiger partial charge on any atom is 0.170 e. The highest BCUT2D eigenvalue weighted by atomic mass is 16.7. The summed E-state index contributed by atoms with van der Waals surface area (Å²) < 4.78 is 11.7. The number of unbranched alkanes of at least 4 members (excludes halogenated alkanes) is 2. The quantitative estimate of drug-likeness (QED) is 0.634. The van der Waals surface area contributed by atoms with E-state index in [4.69, 9.17) is 9.47 Å². The maximum absolute atomic E-state index is 5.85. The molecule has 2 heteroatoms. The number of hydrogen-bond acceptors (Lipinski definition) is 2. The molecule has 0 unspecified atom stereocenters. The number of rotatable bonds is 5. The fourth-order valence-corrected chi connectivity index (χ4v) is 1.98. The van der Waals surface area contributed by atoms with Gasteiger partial charge in [-0.25, -0.2) is 0 Å². The van der Waals surface area contributed by atoms with Gasteiger partial charge in [-0.15, -0.1) is 0 Å². The van der Waals surface area contributed by atoms with E-state index in [1.165, 1.54) is 19.3 Å². The molecule has 0 N–H and O–H groups in total. The van der Waals surface area contributed by atoms with Crippen molar-refractivity contribution in [2.45, 2.75) is 58.7 Å². The van der Waals surface area contributed by atoms with Crippen LogP contribution in [-0.4, -0.2) is 19.0 Å². The Hall–Kier alpha value is -0.0800. The summed E-state index contributed by atoms with van der Waals surface area (Å²) in [6, 6.07) is 0. The molecule has 1 rings (SSSR count). The molecule has 0 atom stereocenters. The van der Waals surface area contributed by atoms with E-state index in [-0.39, 0.29) is 5.79 Å². The van der Waals surface area contributed by atoms with Gasteiger partial charge in [-0.3, -0.25) is 0 Å². The fourth-order valence-electron chi connectivity index (χ4n) is 1.98.